The second-order valence-electron chi connectivity index (χ2n) is 7.38. The minimum absolute atomic E-state index is 0.0524. The quantitative estimate of drug-likeness (QED) is 0.211. The second kappa shape index (κ2) is 10.5. The number of aromatic nitrogens is 2. The van der Waals surface area contributed by atoms with Crippen molar-refractivity contribution >= 4 is 70.1 Å². The average molecular weight is 564 g/mol. The topological polar surface area (TPSA) is 143 Å². The van der Waals surface area contributed by atoms with E-state index in [0.29, 0.717) is 27.2 Å². The van der Waals surface area contributed by atoms with Crippen molar-refractivity contribution in [2.24, 2.45) is 5.16 Å². The Balaban J connectivity index is 1.30. The number of hydrogen-bond acceptors (Lipinski definition) is 12. The number of nitrogens with one attached hydrogen (secondary N) is 1. The van der Waals surface area contributed by atoms with Crippen molar-refractivity contribution in [3.8, 4) is 5.75 Å². The number of carbonyl (C=O) groups is 3. The number of hydrogen-bond donors (Lipinski definition) is 2. The molecule has 1 saturated heterocycles. The molecular formula is C21H17N5O6S4. The van der Waals surface area contributed by atoms with Crippen molar-refractivity contribution in [3.63, 3.8) is 0 Å². The first-order valence-electron chi connectivity index (χ1n) is 10.3. The number of benzene rings is 1. The van der Waals surface area contributed by atoms with Crippen LogP contribution in [0, 0.1) is 0 Å². The highest BCUT2D eigenvalue weighted by molar-refractivity contribution is 8.02. The molecule has 0 bridgehead atoms. The highest BCUT2D eigenvalue weighted by Crippen LogP contribution is 2.42. The SMILES string of the molecule is CON=C(C(=O)NC1C(=O)N2C(C(=O)O)=C(CSc3nncs3)CS[C@@H]12)C1=CSc2ccccc2O1. The molecule has 186 valence electrons. The van der Waals surface area contributed by atoms with Gasteiger partial charge in [0.2, 0.25) is 5.71 Å². The normalized spacial score (nSPS) is 21.0. The van der Waals surface area contributed by atoms with E-state index in [2.05, 4.69) is 20.7 Å². The van der Waals surface area contributed by atoms with Crippen molar-refractivity contribution in [1.29, 1.82) is 0 Å². The van der Waals surface area contributed by atoms with E-state index in [9.17, 15) is 19.5 Å². The number of carboxylic acids is 1. The molecule has 4 heterocycles. The maximum absolute atomic E-state index is 13.1. The third-order valence-corrected chi connectivity index (χ3v) is 9.45. The zero-order chi connectivity index (χ0) is 25.2. The van der Waals surface area contributed by atoms with E-state index in [-0.39, 0.29) is 17.2 Å². The standard InChI is InChI=1S/C21H17N5O6S4/c1-31-25-14(12-8-33-13-5-3-2-4-11(13)32-12)17(27)23-15-18(28)26-16(20(29)30)10(6-34-19(15)26)7-35-21-24-22-9-36-21/h2-5,8-9,15,19H,6-7H2,1H3,(H,23,27)(H,29,30)/t15?,19-/m0/s1. The molecule has 0 radical (unpaired) electrons. The lowest BCUT2D eigenvalue weighted by atomic mass is 10.0. The van der Waals surface area contributed by atoms with Crippen LogP contribution in [0.25, 0.3) is 0 Å². The fourth-order valence-corrected chi connectivity index (χ4v) is 7.41. The van der Waals surface area contributed by atoms with E-state index in [1.165, 1.54) is 58.6 Å². The molecule has 1 aromatic heterocycles. The number of carboxylic acid groups (broad SMARTS) is 1. The number of thioether (sulfide) groups is 3. The molecule has 36 heavy (non-hydrogen) atoms. The summed E-state index contributed by atoms with van der Waals surface area (Å²) in [7, 11) is 1.30. The van der Waals surface area contributed by atoms with Gasteiger partial charge in [-0.2, -0.15) is 0 Å². The Bertz CT molecular complexity index is 1310. The molecule has 2 atom stereocenters. The Morgan fingerprint density at radius 3 is 2.97 bits per heavy atom. The van der Waals surface area contributed by atoms with Crippen LogP contribution in [0.4, 0.5) is 0 Å². The minimum Gasteiger partial charge on any atom is -0.477 e. The van der Waals surface area contributed by atoms with Gasteiger partial charge in [0.05, 0.1) is 4.90 Å². The lowest BCUT2D eigenvalue weighted by Gasteiger charge is -2.49. The first-order chi connectivity index (χ1) is 17.5. The Labute approximate surface area is 221 Å². The molecule has 3 aliphatic heterocycles. The predicted octanol–water partition coefficient (Wildman–Crippen LogP) is 2.40. The van der Waals surface area contributed by atoms with Gasteiger partial charge < -0.3 is 20.0 Å². The van der Waals surface area contributed by atoms with Crippen LogP contribution in [0.1, 0.15) is 0 Å². The van der Waals surface area contributed by atoms with E-state index in [4.69, 9.17) is 9.57 Å². The van der Waals surface area contributed by atoms with Crippen molar-refractivity contribution in [3.05, 3.63) is 52.2 Å². The summed E-state index contributed by atoms with van der Waals surface area (Å²) in [4.78, 5) is 45.1. The number of ether oxygens (including phenoxy) is 1. The van der Waals surface area contributed by atoms with E-state index in [1.54, 1.807) is 17.0 Å². The molecule has 1 unspecified atom stereocenters. The Kier molecular flexibility index (Phi) is 7.22. The van der Waals surface area contributed by atoms with Gasteiger partial charge in [-0.05, 0) is 17.7 Å². The van der Waals surface area contributed by atoms with Gasteiger partial charge in [0.15, 0.2) is 10.1 Å². The Morgan fingerprint density at radius 1 is 1.39 bits per heavy atom. The highest BCUT2D eigenvalue weighted by Gasteiger charge is 2.54. The molecule has 0 aliphatic carbocycles. The first-order valence-corrected chi connectivity index (χ1v) is 14.1. The first kappa shape index (κ1) is 24.7. The maximum atomic E-state index is 13.1. The van der Waals surface area contributed by atoms with Crippen LogP contribution >= 0.6 is 46.6 Å². The number of rotatable bonds is 8. The molecule has 0 spiro atoms. The predicted molar refractivity (Wildman–Crippen MR) is 136 cm³/mol. The molecule has 3 aliphatic rings. The Morgan fingerprint density at radius 2 is 2.22 bits per heavy atom. The van der Waals surface area contributed by atoms with Crippen molar-refractivity contribution < 1.29 is 29.1 Å². The van der Waals surface area contributed by atoms with Gasteiger partial charge in [-0.25, -0.2) is 4.79 Å². The molecule has 5 rings (SSSR count). The van der Waals surface area contributed by atoms with Crippen LogP contribution in [0.3, 0.4) is 0 Å². The molecule has 11 nitrogen and oxygen atoms in total. The number of fused-ring (bicyclic) bond motifs is 2. The smallest absolute Gasteiger partial charge is 0.352 e. The van der Waals surface area contributed by atoms with Crippen LogP contribution in [0.5, 0.6) is 5.75 Å². The number of oxime groups is 1. The number of nitrogens with zero attached hydrogens (tertiary/aromatic N) is 4. The largest absolute Gasteiger partial charge is 0.477 e. The molecule has 0 saturated carbocycles. The highest BCUT2D eigenvalue weighted by atomic mass is 32.2. The fraction of sp³-hybridized carbons (Fsp3) is 0.238. The summed E-state index contributed by atoms with van der Waals surface area (Å²) >= 11 is 5.48. The third-order valence-electron chi connectivity index (χ3n) is 5.24. The van der Waals surface area contributed by atoms with Gasteiger partial charge in [-0.15, -0.1) is 22.0 Å². The van der Waals surface area contributed by atoms with Gasteiger partial charge in [0, 0.05) is 16.9 Å². The maximum Gasteiger partial charge on any atom is 0.352 e. The monoisotopic (exact) mass is 563 g/mol. The van der Waals surface area contributed by atoms with Crippen molar-refractivity contribution in [1.82, 2.24) is 20.4 Å². The summed E-state index contributed by atoms with van der Waals surface area (Å²) in [5.41, 5.74) is 2.03. The van der Waals surface area contributed by atoms with Gasteiger partial charge in [0.1, 0.15) is 35.5 Å². The van der Waals surface area contributed by atoms with Gasteiger partial charge in [-0.1, -0.05) is 52.1 Å². The summed E-state index contributed by atoms with van der Waals surface area (Å²) in [6.45, 7) is 0. The molecular weight excluding hydrogens is 547 g/mol. The molecule has 1 fully saturated rings. The number of para-hydroxylation sites is 1. The molecule has 2 N–H and O–H groups in total. The van der Waals surface area contributed by atoms with E-state index >= 15 is 0 Å². The summed E-state index contributed by atoms with van der Waals surface area (Å²) in [6, 6.07) is 6.42. The molecule has 1 aromatic carbocycles. The van der Waals surface area contributed by atoms with Crippen molar-refractivity contribution in [2.75, 3.05) is 18.6 Å². The van der Waals surface area contributed by atoms with Gasteiger partial charge in [0.25, 0.3) is 11.8 Å². The van der Waals surface area contributed by atoms with Crippen LogP contribution in [-0.4, -0.2) is 73.7 Å². The second-order valence-corrected chi connectivity index (χ2v) is 11.5. The van der Waals surface area contributed by atoms with Crippen LogP contribution in [-0.2, 0) is 19.2 Å². The summed E-state index contributed by atoms with van der Waals surface area (Å²) < 4.78 is 6.54. The molecule has 2 aromatic rings. The molecule has 15 heteroatoms. The number of β-lactam (4-membered cyclic amide) rings is 1. The number of carbonyl (C=O) groups excluding carboxylic acids is 2. The summed E-state index contributed by atoms with van der Waals surface area (Å²) in [6.07, 6.45) is 0. The third kappa shape index (κ3) is 4.70. The lowest BCUT2D eigenvalue weighted by molar-refractivity contribution is -0.150. The van der Waals surface area contributed by atoms with Gasteiger partial charge >= 0.3 is 5.97 Å². The Hall–Kier alpha value is -3.01. The number of aliphatic carboxylic acids is 1. The van der Waals surface area contributed by atoms with E-state index < -0.39 is 29.2 Å². The van der Waals surface area contributed by atoms with Crippen LogP contribution in [0.15, 0.2) is 66.6 Å². The molecule has 2 amide bonds. The zero-order valence-corrected chi connectivity index (χ0v) is 21.7. The zero-order valence-electron chi connectivity index (χ0n) is 18.4. The van der Waals surface area contributed by atoms with E-state index in [1.807, 2.05) is 18.2 Å². The van der Waals surface area contributed by atoms with Crippen LogP contribution in [0.2, 0.25) is 0 Å². The fourth-order valence-electron chi connectivity index (χ4n) is 3.66. The lowest BCUT2D eigenvalue weighted by Crippen LogP contribution is -2.71. The average Bonchev–Trinajstić information content (AvgIpc) is 3.41. The van der Waals surface area contributed by atoms with Crippen molar-refractivity contribution in [2.45, 2.75) is 20.7 Å². The minimum atomic E-state index is -1.19. The van der Waals surface area contributed by atoms with Crippen LogP contribution < -0.4 is 10.1 Å². The number of amides is 2. The van der Waals surface area contributed by atoms with Gasteiger partial charge in [-0.3, -0.25) is 14.5 Å². The summed E-state index contributed by atoms with van der Waals surface area (Å²) in [5.74, 6) is -0.849. The summed E-state index contributed by atoms with van der Waals surface area (Å²) in [5, 5.41) is 25.1. The van der Waals surface area contributed by atoms with E-state index in [0.717, 1.165) is 4.90 Å².